The minimum absolute atomic E-state index is 0.0769. The molecule has 2 heterocycles. The Morgan fingerprint density at radius 3 is 2.55 bits per heavy atom. The number of fused-ring (bicyclic) bond motifs is 1. The Kier molecular flexibility index (Phi) is 6.39. The molecular formula is C23H26N2O4S2. The second-order valence-corrected chi connectivity index (χ2v) is 11.3. The Morgan fingerprint density at radius 2 is 1.87 bits per heavy atom. The van der Waals surface area contributed by atoms with E-state index in [1.165, 1.54) is 11.8 Å². The zero-order valence-corrected chi connectivity index (χ0v) is 19.2. The van der Waals surface area contributed by atoms with Gasteiger partial charge in [0.2, 0.25) is 0 Å². The van der Waals surface area contributed by atoms with Crippen LogP contribution in [0.5, 0.6) is 5.75 Å². The maximum Gasteiger partial charge on any atom is 0.250 e. The number of rotatable bonds is 6. The van der Waals surface area contributed by atoms with E-state index in [1.807, 2.05) is 73.3 Å². The average Bonchev–Trinajstić information content (AvgIpc) is 3.23. The SMILES string of the molecule is CC[C@@H](C)C(=O)N=C1S[C@H]2CS(=O)(=O)C[C@H]2N1c1ccc(OCc2ccccc2)cc1. The molecule has 2 fully saturated rings. The standard InChI is InChI=1S/C23H26N2O4S2/c1-3-16(2)22(26)24-23-25(20-14-31(27,28)15-21(20)30-23)18-9-11-19(12-10-18)29-13-17-7-5-4-6-8-17/h4-12,16,20-21H,3,13-15H2,1-2H3/t16-,20-,21+/m1/s1. The van der Waals surface area contributed by atoms with Crippen LogP contribution in [0, 0.1) is 5.92 Å². The number of aliphatic imine (C=N–C) groups is 1. The van der Waals surface area contributed by atoms with Crippen molar-refractivity contribution in [1.82, 2.24) is 0 Å². The molecule has 2 aromatic rings. The van der Waals surface area contributed by atoms with Gasteiger partial charge in [-0.3, -0.25) is 4.79 Å². The van der Waals surface area contributed by atoms with Gasteiger partial charge in [-0.1, -0.05) is 55.9 Å². The number of thioether (sulfide) groups is 1. The van der Waals surface area contributed by atoms with Crippen LogP contribution >= 0.6 is 11.8 Å². The van der Waals surface area contributed by atoms with Crippen LogP contribution in [0.15, 0.2) is 59.6 Å². The highest BCUT2D eigenvalue weighted by Crippen LogP contribution is 2.41. The first kappa shape index (κ1) is 21.9. The van der Waals surface area contributed by atoms with E-state index in [9.17, 15) is 13.2 Å². The molecule has 0 N–H and O–H groups in total. The first-order valence-corrected chi connectivity index (χ1v) is 13.1. The zero-order chi connectivity index (χ0) is 22.0. The molecular weight excluding hydrogens is 432 g/mol. The second-order valence-electron chi connectivity index (χ2n) is 7.98. The number of anilines is 1. The number of benzene rings is 2. The van der Waals surface area contributed by atoms with Crippen LogP contribution in [-0.2, 0) is 21.2 Å². The van der Waals surface area contributed by atoms with Crippen LogP contribution in [0.3, 0.4) is 0 Å². The lowest BCUT2D eigenvalue weighted by molar-refractivity contribution is -0.121. The van der Waals surface area contributed by atoms with Crippen molar-refractivity contribution in [3.63, 3.8) is 0 Å². The van der Waals surface area contributed by atoms with Crippen LogP contribution in [0.1, 0.15) is 25.8 Å². The number of carbonyl (C=O) groups is 1. The molecule has 2 aromatic carbocycles. The van der Waals surface area contributed by atoms with Gasteiger partial charge >= 0.3 is 0 Å². The Balaban J connectivity index is 1.56. The summed E-state index contributed by atoms with van der Waals surface area (Å²) in [5.41, 5.74) is 1.90. The molecule has 2 aliphatic rings. The van der Waals surface area contributed by atoms with Gasteiger partial charge in [0, 0.05) is 16.9 Å². The van der Waals surface area contributed by atoms with E-state index in [2.05, 4.69) is 4.99 Å². The van der Waals surface area contributed by atoms with E-state index >= 15 is 0 Å². The number of nitrogens with zero attached hydrogens (tertiary/aromatic N) is 2. The molecule has 1 amide bonds. The normalized spacial score (nSPS) is 24.2. The van der Waals surface area contributed by atoms with Gasteiger partial charge in [-0.2, -0.15) is 4.99 Å². The van der Waals surface area contributed by atoms with E-state index in [1.54, 1.807) is 0 Å². The molecule has 0 saturated carbocycles. The molecule has 31 heavy (non-hydrogen) atoms. The third-order valence-corrected chi connectivity index (χ3v) is 8.88. The maximum absolute atomic E-state index is 12.5. The molecule has 0 bridgehead atoms. The largest absolute Gasteiger partial charge is 0.489 e. The molecule has 0 aromatic heterocycles. The Morgan fingerprint density at radius 1 is 1.16 bits per heavy atom. The lowest BCUT2D eigenvalue weighted by Crippen LogP contribution is -2.37. The molecule has 2 saturated heterocycles. The van der Waals surface area contributed by atoms with Gasteiger partial charge in [0.15, 0.2) is 15.0 Å². The monoisotopic (exact) mass is 458 g/mol. The predicted octanol–water partition coefficient (Wildman–Crippen LogP) is 3.91. The quantitative estimate of drug-likeness (QED) is 0.653. The maximum atomic E-state index is 12.5. The number of sulfone groups is 1. The molecule has 0 aliphatic carbocycles. The van der Waals surface area contributed by atoms with Crippen LogP contribution in [-0.4, -0.2) is 42.3 Å². The Bertz CT molecular complexity index is 1070. The molecule has 2 aliphatic heterocycles. The highest BCUT2D eigenvalue weighted by Gasteiger charge is 2.49. The first-order valence-electron chi connectivity index (χ1n) is 10.4. The minimum atomic E-state index is -3.09. The van der Waals surface area contributed by atoms with Crippen molar-refractivity contribution in [1.29, 1.82) is 0 Å². The third kappa shape index (κ3) is 4.96. The summed E-state index contributed by atoms with van der Waals surface area (Å²) in [5, 5.41) is 0.482. The van der Waals surface area contributed by atoms with Crippen LogP contribution in [0.25, 0.3) is 0 Å². The van der Waals surface area contributed by atoms with Gasteiger partial charge in [0.05, 0.1) is 17.5 Å². The van der Waals surface area contributed by atoms with Crippen molar-refractivity contribution >= 4 is 38.4 Å². The van der Waals surface area contributed by atoms with Crippen molar-refractivity contribution in [3.05, 3.63) is 60.2 Å². The van der Waals surface area contributed by atoms with Gasteiger partial charge in [-0.25, -0.2) is 8.42 Å². The fourth-order valence-electron chi connectivity index (χ4n) is 3.69. The Labute approximate surface area is 187 Å². The van der Waals surface area contributed by atoms with E-state index < -0.39 is 9.84 Å². The molecule has 0 radical (unpaired) electrons. The number of amidine groups is 1. The second kappa shape index (κ2) is 9.04. The van der Waals surface area contributed by atoms with Gasteiger partial charge in [0.1, 0.15) is 12.4 Å². The molecule has 164 valence electrons. The summed E-state index contributed by atoms with van der Waals surface area (Å²) in [7, 11) is -3.09. The fraction of sp³-hybridized carbons (Fsp3) is 0.391. The zero-order valence-electron chi connectivity index (χ0n) is 17.6. The minimum Gasteiger partial charge on any atom is -0.489 e. The van der Waals surface area contributed by atoms with E-state index in [-0.39, 0.29) is 34.6 Å². The highest BCUT2D eigenvalue weighted by molar-refractivity contribution is 8.16. The topological polar surface area (TPSA) is 76.0 Å². The predicted molar refractivity (Wildman–Crippen MR) is 125 cm³/mol. The van der Waals surface area contributed by atoms with Crippen molar-refractivity contribution < 1.29 is 17.9 Å². The molecule has 0 unspecified atom stereocenters. The summed E-state index contributed by atoms with van der Waals surface area (Å²) in [6.45, 7) is 4.29. The van der Waals surface area contributed by atoms with Crippen molar-refractivity contribution in [2.45, 2.75) is 38.2 Å². The Hall–Kier alpha value is -2.32. The molecule has 0 spiro atoms. The van der Waals surface area contributed by atoms with Gasteiger partial charge < -0.3 is 9.64 Å². The lowest BCUT2D eigenvalue weighted by atomic mass is 10.1. The fourth-order valence-corrected chi connectivity index (χ4v) is 7.61. The van der Waals surface area contributed by atoms with E-state index in [0.717, 1.165) is 23.4 Å². The van der Waals surface area contributed by atoms with Crippen molar-refractivity contribution in [2.24, 2.45) is 10.9 Å². The summed E-state index contributed by atoms with van der Waals surface area (Å²) in [5.74, 6) is 0.596. The number of carbonyl (C=O) groups excluding carboxylic acids is 1. The molecule has 6 nitrogen and oxygen atoms in total. The summed E-state index contributed by atoms with van der Waals surface area (Å²) >= 11 is 1.40. The van der Waals surface area contributed by atoms with Crippen molar-refractivity contribution in [2.75, 3.05) is 16.4 Å². The van der Waals surface area contributed by atoms with E-state index in [4.69, 9.17) is 4.74 Å². The summed E-state index contributed by atoms with van der Waals surface area (Å²) in [6.07, 6.45) is 0.717. The molecule has 8 heteroatoms. The number of hydrogen-bond acceptors (Lipinski definition) is 5. The molecule has 3 atom stereocenters. The highest BCUT2D eigenvalue weighted by atomic mass is 32.2. The summed E-state index contributed by atoms with van der Waals surface area (Å²) < 4.78 is 30.3. The van der Waals surface area contributed by atoms with E-state index in [0.29, 0.717) is 11.8 Å². The third-order valence-electron chi connectivity index (χ3n) is 5.67. The average molecular weight is 459 g/mol. The first-order chi connectivity index (χ1) is 14.9. The van der Waals surface area contributed by atoms with Gasteiger partial charge in [0.25, 0.3) is 5.91 Å². The molecule has 4 rings (SSSR count). The number of amides is 1. The summed E-state index contributed by atoms with van der Waals surface area (Å²) in [4.78, 5) is 18.8. The van der Waals surface area contributed by atoms with Crippen molar-refractivity contribution in [3.8, 4) is 5.75 Å². The van der Waals surface area contributed by atoms with Gasteiger partial charge in [-0.05, 0) is 36.2 Å². The lowest BCUT2D eigenvalue weighted by Gasteiger charge is -2.25. The van der Waals surface area contributed by atoms with Crippen LogP contribution < -0.4 is 9.64 Å². The van der Waals surface area contributed by atoms with Crippen LogP contribution in [0.2, 0.25) is 0 Å². The number of hydrogen-bond donors (Lipinski definition) is 0. The smallest absolute Gasteiger partial charge is 0.250 e. The van der Waals surface area contributed by atoms with Gasteiger partial charge in [-0.15, -0.1) is 0 Å². The summed E-state index contributed by atoms with van der Waals surface area (Å²) in [6, 6.07) is 17.3. The van der Waals surface area contributed by atoms with Crippen LogP contribution in [0.4, 0.5) is 5.69 Å². The number of ether oxygens (including phenoxy) is 1.